The minimum Gasteiger partial charge on any atom is -0.355 e. The Labute approximate surface area is 185 Å². The van der Waals surface area contributed by atoms with Gasteiger partial charge in [0.05, 0.1) is 11.4 Å². The lowest BCUT2D eigenvalue weighted by molar-refractivity contribution is -0.134. The van der Waals surface area contributed by atoms with Crippen LogP contribution in [0.5, 0.6) is 0 Å². The van der Waals surface area contributed by atoms with Gasteiger partial charge in [-0.3, -0.25) is 14.1 Å². The molecule has 1 aromatic rings. The van der Waals surface area contributed by atoms with Gasteiger partial charge in [-0.25, -0.2) is 8.42 Å². The Morgan fingerprint density at radius 1 is 1.16 bits per heavy atom. The van der Waals surface area contributed by atoms with Crippen LogP contribution in [0.4, 0.5) is 5.69 Å². The Hall–Kier alpha value is -2.29. The summed E-state index contributed by atoms with van der Waals surface area (Å²) in [6.07, 6.45) is 5.99. The summed E-state index contributed by atoms with van der Waals surface area (Å²) in [6.45, 7) is 2.23. The first-order chi connectivity index (χ1) is 15.0. The average molecular weight is 448 g/mol. The highest BCUT2D eigenvalue weighted by Crippen LogP contribution is 2.30. The smallest absolute Gasteiger partial charge is 0.236 e. The van der Waals surface area contributed by atoms with Crippen molar-refractivity contribution in [2.24, 2.45) is 10.9 Å². The van der Waals surface area contributed by atoms with Crippen LogP contribution < -0.4 is 14.9 Å². The van der Waals surface area contributed by atoms with Crippen LogP contribution in [0.25, 0.3) is 0 Å². The van der Waals surface area contributed by atoms with Crippen LogP contribution in [-0.2, 0) is 21.2 Å². The summed E-state index contributed by atoms with van der Waals surface area (Å²) in [6, 6.07) is 7.80. The van der Waals surface area contributed by atoms with E-state index in [9.17, 15) is 13.2 Å². The summed E-state index contributed by atoms with van der Waals surface area (Å²) in [4.78, 5) is 18.8. The Bertz CT molecular complexity index is 927. The summed E-state index contributed by atoms with van der Waals surface area (Å²) in [7, 11) is -1.72. The number of benzene rings is 1. The zero-order chi connectivity index (χ0) is 21.8. The molecule has 1 atom stereocenters. The third-order valence-corrected chi connectivity index (χ3v) is 8.37. The topological polar surface area (TPSA) is 94.1 Å². The average Bonchev–Trinajstić information content (AvgIpc) is 3.53. The molecule has 1 unspecified atom stereocenters. The Kier molecular flexibility index (Phi) is 6.69. The quantitative estimate of drug-likeness (QED) is 0.507. The van der Waals surface area contributed by atoms with Crippen molar-refractivity contribution in [1.29, 1.82) is 0 Å². The molecule has 1 amide bonds. The van der Waals surface area contributed by atoms with Gasteiger partial charge < -0.3 is 15.5 Å². The molecular weight excluding hydrogens is 414 g/mol. The molecule has 170 valence electrons. The summed E-state index contributed by atoms with van der Waals surface area (Å²) < 4.78 is 27.2. The number of anilines is 1. The fourth-order valence-corrected chi connectivity index (χ4v) is 6.33. The second kappa shape index (κ2) is 9.46. The number of amides is 1. The number of sulfonamides is 1. The van der Waals surface area contributed by atoms with Gasteiger partial charge in [-0.1, -0.05) is 31.0 Å². The van der Waals surface area contributed by atoms with Gasteiger partial charge in [0.15, 0.2) is 5.96 Å². The molecular formula is C22H33N5O3S. The van der Waals surface area contributed by atoms with Gasteiger partial charge in [-0.05, 0) is 37.3 Å². The first-order valence-electron chi connectivity index (χ1n) is 11.3. The highest BCUT2D eigenvalue weighted by molar-refractivity contribution is 7.92. The van der Waals surface area contributed by atoms with Crippen LogP contribution in [0.3, 0.4) is 0 Å². The third-order valence-electron chi connectivity index (χ3n) is 6.60. The predicted molar refractivity (Wildman–Crippen MR) is 123 cm³/mol. The number of guanidine groups is 1. The monoisotopic (exact) mass is 447 g/mol. The Morgan fingerprint density at radius 2 is 1.94 bits per heavy atom. The molecule has 8 nitrogen and oxygen atoms in total. The van der Waals surface area contributed by atoms with Crippen molar-refractivity contribution in [1.82, 2.24) is 15.5 Å². The molecule has 1 saturated heterocycles. The standard InChI is InChI=1S/C22H33N5O3S/c1-23-22(25-19-11-13-26(16-19)21(28)18-7-2-3-8-18)24-12-15-31(29,30)27-14-10-17-6-4-5-9-20(17)27/h4-6,9,18-19H,2-3,7-8,10-16H2,1H3,(H2,23,24,25). The van der Waals surface area contributed by atoms with Crippen molar-refractivity contribution in [2.75, 3.05) is 43.3 Å². The zero-order valence-corrected chi connectivity index (χ0v) is 19.0. The van der Waals surface area contributed by atoms with E-state index < -0.39 is 10.0 Å². The number of aliphatic imine (C=N–C) groups is 1. The van der Waals surface area contributed by atoms with Crippen LogP contribution in [0.1, 0.15) is 37.7 Å². The molecule has 0 spiro atoms. The van der Waals surface area contributed by atoms with E-state index >= 15 is 0 Å². The van der Waals surface area contributed by atoms with Crippen LogP contribution in [0.2, 0.25) is 0 Å². The van der Waals surface area contributed by atoms with Crippen molar-refractivity contribution < 1.29 is 13.2 Å². The molecule has 1 aliphatic carbocycles. The third kappa shape index (κ3) is 4.97. The number of hydrogen-bond donors (Lipinski definition) is 2. The zero-order valence-electron chi connectivity index (χ0n) is 18.2. The van der Waals surface area contributed by atoms with Gasteiger partial charge in [0.25, 0.3) is 0 Å². The molecule has 0 aromatic heterocycles. The van der Waals surface area contributed by atoms with Crippen molar-refractivity contribution >= 4 is 27.6 Å². The summed E-state index contributed by atoms with van der Waals surface area (Å²) in [5, 5.41) is 6.48. The second-order valence-electron chi connectivity index (χ2n) is 8.66. The van der Waals surface area contributed by atoms with Gasteiger partial charge in [0, 0.05) is 45.2 Å². The number of likely N-dealkylation sites (tertiary alicyclic amines) is 1. The fraction of sp³-hybridized carbons (Fsp3) is 0.636. The Balaban J connectivity index is 1.24. The lowest BCUT2D eigenvalue weighted by Gasteiger charge is -2.22. The number of para-hydroxylation sites is 1. The van der Waals surface area contributed by atoms with E-state index in [0.717, 1.165) is 56.3 Å². The number of fused-ring (bicyclic) bond motifs is 1. The Morgan fingerprint density at radius 3 is 2.71 bits per heavy atom. The molecule has 2 heterocycles. The first kappa shape index (κ1) is 21.9. The maximum absolute atomic E-state index is 12.8. The van der Waals surface area contributed by atoms with E-state index in [4.69, 9.17) is 0 Å². The second-order valence-corrected chi connectivity index (χ2v) is 10.7. The normalized spacial score (nSPS) is 22.1. The van der Waals surface area contributed by atoms with Crippen LogP contribution in [0.15, 0.2) is 29.3 Å². The maximum atomic E-state index is 12.8. The highest BCUT2D eigenvalue weighted by atomic mass is 32.2. The number of carbonyl (C=O) groups excluding carboxylic acids is 1. The molecule has 2 N–H and O–H groups in total. The molecule has 2 aliphatic heterocycles. The number of carbonyl (C=O) groups is 1. The molecule has 1 aromatic carbocycles. The van der Waals surface area contributed by atoms with Crippen molar-refractivity contribution in [3.8, 4) is 0 Å². The van der Waals surface area contributed by atoms with E-state index in [1.165, 1.54) is 4.31 Å². The van der Waals surface area contributed by atoms with Gasteiger partial charge in [-0.2, -0.15) is 0 Å². The summed E-state index contributed by atoms with van der Waals surface area (Å²) in [5.41, 5.74) is 1.87. The minimum atomic E-state index is -3.40. The maximum Gasteiger partial charge on any atom is 0.236 e. The predicted octanol–water partition coefficient (Wildman–Crippen LogP) is 1.34. The molecule has 2 fully saturated rings. The fourth-order valence-electron chi connectivity index (χ4n) is 4.90. The van der Waals surface area contributed by atoms with Gasteiger partial charge in [-0.15, -0.1) is 0 Å². The molecule has 4 rings (SSSR count). The number of nitrogens with zero attached hydrogens (tertiary/aromatic N) is 3. The lowest BCUT2D eigenvalue weighted by Crippen LogP contribution is -2.47. The van der Waals surface area contributed by atoms with E-state index in [0.29, 0.717) is 25.0 Å². The van der Waals surface area contributed by atoms with Gasteiger partial charge in [0.2, 0.25) is 15.9 Å². The minimum absolute atomic E-state index is 0.00100. The van der Waals surface area contributed by atoms with Gasteiger partial charge in [0.1, 0.15) is 0 Å². The van der Waals surface area contributed by atoms with E-state index in [1.54, 1.807) is 7.05 Å². The number of rotatable bonds is 6. The van der Waals surface area contributed by atoms with Crippen LogP contribution in [-0.4, -0.2) is 70.2 Å². The molecule has 0 bridgehead atoms. The molecule has 9 heteroatoms. The van der Waals surface area contributed by atoms with Crippen LogP contribution >= 0.6 is 0 Å². The SMILES string of the molecule is CN=C(NCCS(=O)(=O)N1CCc2ccccc21)NC1CCN(C(=O)C2CCCC2)C1. The molecule has 0 radical (unpaired) electrons. The largest absolute Gasteiger partial charge is 0.355 e. The van der Waals surface area contributed by atoms with Crippen molar-refractivity contribution in [3.05, 3.63) is 29.8 Å². The van der Waals surface area contributed by atoms with Gasteiger partial charge >= 0.3 is 0 Å². The highest BCUT2D eigenvalue weighted by Gasteiger charge is 2.33. The number of hydrogen-bond acceptors (Lipinski definition) is 4. The van der Waals surface area contributed by atoms with Crippen molar-refractivity contribution in [2.45, 2.75) is 44.6 Å². The van der Waals surface area contributed by atoms with E-state index in [-0.39, 0.29) is 24.3 Å². The molecule has 1 saturated carbocycles. The summed E-state index contributed by atoms with van der Waals surface area (Å²) >= 11 is 0. The summed E-state index contributed by atoms with van der Waals surface area (Å²) in [5.74, 6) is 1.08. The van der Waals surface area contributed by atoms with E-state index in [2.05, 4.69) is 15.6 Å². The lowest BCUT2D eigenvalue weighted by atomic mass is 10.1. The van der Waals surface area contributed by atoms with Crippen LogP contribution in [0, 0.1) is 5.92 Å². The van der Waals surface area contributed by atoms with Crippen molar-refractivity contribution in [3.63, 3.8) is 0 Å². The number of nitrogens with one attached hydrogen (secondary N) is 2. The molecule has 31 heavy (non-hydrogen) atoms. The van der Waals surface area contributed by atoms with E-state index in [1.807, 2.05) is 29.2 Å². The first-order valence-corrected chi connectivity index (χ1v) is 12.9. The molecule has 3 aliphatic rings.